The van der Waals surface area contributed by atoms with Gasteiger partial charge in [-0.05, 0) is 0 Å². The van der Waals surface area contributed by atoms with Crippen LogP contribution in [0.25, 0.3) is 0 Å². The van der Waals surface area contributed by atoms with E-state index in [1.807, 2.05) is 0 Å². The van der Waals surface area contributed by atoms with Crippen molar-refractivity contribution in [1.29, 1.82) is 0 Å². The van der Waals surface area contributed by atoms with Gasteiger partial charge in [-0.25, -0.2) is 0 Å². The first-order valence-corrected chi connectivity index (χ1v) is 11.3. The van der Waals surface area contributed by atoms with Gasteiger partial charge in [0.15, 0.2) is 0 Å². The number of halogens is 1. The first kappa shape index (κ1) is 30.9. The molecular formula is C20H41ClO10. The third-order valence-corrected chi connectivity index (χ3v) is 3.59. The van der Waals surface area contributed by atoms with Gasteiger partial charge in [-0.2, -0.15) is 0 Å². The second kappa shape index (κ2) is 29.9. The molecular weight excluding hydrogens is 436 g/mol. The lowest BCUT2D eigenvalue weighted by Gasteiger charge is -2.08. The normalized spacial score (nSPS) is 11.4. The smallest absolute Gasteiger partial charge is 0.0701 e. The Morgan fingerprint density at radius 1 is 0.323 bits per heavy atom. The molecule has 0 spiro atoms. The first-order chi connectivity index (χ1) is 15.4. The second-order valence-electron chi connectivity index (χ2n) is 5.92. The number of aliphatic hydroxyl groups excluding tert-OH is 1. The van der Waals surface area contributed by atoms with Crippen LogP contribution in [0.1, 0.15) is 0 Å². The molecule has 0 heterocycles. The Morgan fingerprint density at radius 3 is 0.710 bits per heavy atom. The van der Waals surface area contributed by atoms with E-state index < -0.39 is 0 Å². The minimum Gasteiger partial charge on any atom is -0.394 e. The number of hydrogen-bond donors (Lipinski definition) is 1. The summed E-state index contributed by atoms with van der Waals surface area (Å²) >= 11 is 5.49. The van der Waals surface area contributed by atoms with Crippen LogP contribution in [0.5, 0.6) is 0 Å². The zero-order valence-electron chi connectivity index (χ0n) is 18.6. The van der Waals surface area contributed by atoms with Crippen molar-refractivity contribution in [1.82, 2.24) is 0 Å². The average molecular weight is 477 g/mol. The predicted molar refractivity (Wildman–Crippen MR) is 115 cm³/mol. The maximum Gasteiger partial charge on any atom is 0.0701 e. The molecule has 0 aliphatic heterocycles. The van der Waals surface area contributed by atoms with Gasteiger partial charge in [-0.1, -0.05) is 0 Å². The van der Waals surface area contributed by atoms with E-state index in [0.29, 0.717) is 125 Å². The highest BCUT2D eigenvalue weighted by Crippen LogP contribution is 1.86. The Labute approximate surface area is 191 Å². The molecule has 10 nitrogen and oxygen atoms in total. The molecule has 0 aromatic carbocycles. The molecule has 188 valence electrons. The summed E-state index contributed by atoms with van der Waals surface area (Å²) in [6.07, 6.45) is 0. The summed E-state index contributed by atoms with van der Waals surface area (Å²) < 4.78 is 47.9. The molecule has 0 saturated heterocycles. The summed E-state index contributed by atoms with van der Waals surface area (Å²) in [5.41, 5.74) is 0. The average Bonchev–Trinajstić information content (AvgIpc) is 2.78. The molecule has 0 aliphatic carbocycles. The number of ether oxygens (including phenoxy) is 9. The summed E-state index contributed by atoms with van der Waals surface area (Å²) in [5.74, 6) is 0.500. The highest BCUT2D eigenvalue weighted by molar-refractivity contribution is 6.17. The molecule has 0 aromatic rings. The van der Waals surface area contributed by atoms with Crippen molar-refractivity contribution in [2.24, 2.45) is 0 Å². The lowest BCUT2D eigenvalue weighted by molar-refractivity contribution is -0.0253. The predicted octanol–water partition coefficient (Wildman–Crippen LogP) is 0.367. The van der Waals surface area contributed by atoms with Gasteiger partial charge in [0.05, 0.1) is 126 Å². The van der Waals surface area contributed by atoms with Gasteiger partial charge < -0.3 is 47.7 Å². The fourth-order valence-electron chi connectivity index (χ4n) is 1.98. The molecule has 0 fully saturated rings. The molecule has 0 radical (unpaired) electrons. The highest BCUT2D eigenvalue weighted by Gasteiger charge is 1.95. The van der Waals surface area contributed by atoms with E-state index in [1.54, 1.807) is 0 Å². The SMILES string of the molecule is OCCOCCOCCOCCOCCOCCOCCOCCOCCOCCCl. The van der Waals surface area contributed by atoms with E-state index in [4.69, 9.17) is 59.3 Å². The Hall–Kier alpha value is -0.110. The summed E-state index contributed by atoms with van der Waals surface area (Å²) in [5, 5.41) is 8.54. The minimum atomic E-state index is 0.0299. The fourth-order valence-corrected chi connectivity index (χ4v) is 2.09. The Kier molecular flexibility index (Phi) is 29.8. The monoisotopic (exact) mass is 476 g/mol. The molecule has 0 aliphatic rings. The van der Waals surface area contributed by atoms with Crippen molar-refractivity contribution < 1.29 is 47.7 Å². The van der Waals surface area contributed by atoms with Crippen molar-refractivity contribution in [2.75, 3.05) is 131 Å². The van der Waals surface area contributed by atoms with Crippen molar-refractivity contribution in [2.45, 2.75) is 0 Å². The zero-order chi connectivity index (χ0) is 22.5. The van der Waals surface area contributed by atoms with Gasteiger partial charge in [0.1, 0.15) is 0 Å². The van der Waals surface area contributed by atoms with Crippen LogP contribution in [0.15, 0.2) is 0 Å². The molecule has 0 atom stereocenters. The first-order valence-electron chi connectivity index (χ1n) is 10.8. The van der Waals surface area contributed by atoms with Gasteiger partial charge in [-0.15, -0.1) is 11.6 Å². The van der Waals surface area contributed by atoms with E-state index in [0.717, 1.165) is 0 Å². The van der Waals surface area contributed by atoms with Crippen LogP contribution in [0, 0.1) is 0 Å². The summed E-state index contributed by atoms with van der Waals surface area (Å²) in [7, 11) is 0. The largest absolute Gasteiger partial charge is 0.394 e. The topological polar surface area (TPSA) is 103 Å². The van der Waals surface area contributed by atoms with E-state index >= 15 is 0 Å². The van der Waals surface area contributed by atoms with Crippen molar-refractivity contribution in [3.05, 3.63) is 0 Å². The van der Waals surface area contributed by atoms with Gasteiger partial charge >= 0.3 is 0 Å². The third kappa shape index (κ3) is 29.9. The molecule has 0 rings (SSSR count). The van der Waals surface area contributed by atoms with E-state index in [-0.39, 0.29) is 6.61 Å². The maximum absolute atomic E-state index is 8.54. The molecule has 0 amide bonds. The zero-order valence-corrected chi connectivity index (χ0v) is 19.4. The summed E-state index contributed by atoms with van der Waals surface area (Å²) in [6, 6.07) is 0. The number of rotatable bonds is 28. The van der Waals surface area contributed by atoms with Crippen LogP contribution in [0.2, 0.25) is 0 Å². The van der Waals surface area contributed by atoms with E-state index in [1.165, 1.54) is 0 Å². The Bertz CT molecular complexity index is 288. The van der Waals surface area contributed by atoms with Crippen LogP contribution >= 0.6 is 11.6 Å². The van der Waals surface area contributed by atoms with E-state index in [9.17, 15) is 0 Å². The Morgan fingerprint density at radius 2 is 0.516 bits per heavy atom. The molecule has 1 N–H and O–H groups in total. The van der Waals surface area contributed by atoms with Crippen LogP contribution < -0.4 is 0 Å². The lowest BCUT2D eigenvalue weighted by atomic mass is 10.6. The van der Waals surface area contributed by atoms with Gasteiger partial charge in [-0.3, -0.25) is 0 Å². The van der Waals surface area contributed by atoms with Crippen LogP contribution in [0.4, 0.5) is 0 Å². The highest BCUT2D eigenvalue weighted by atomic mass is 35.5. The second-order valence-corrected chi connectivity index (χ2v) is 6.30. The van der Waals surface area contributed by atoms with Crippen LogP contribution in [-0.4, -0.2) is 137 Å². The van der Waals surface area contributed by atoms with Gasteiger partial charge in [0.25, 0.3) is 0 Å². The summed E-state index contributed by atoms with van der Waals surface area (Å²) in [6.45, 7) is 9.22. The third-order valence-electron chi connectivity index (χ3n) is 3.43. The van der Waals surface area contributed by atoms with Crippen LogP contribution in [-0.2, 0) is 42.6 Å². The van der Waals surface area contributed by atoms with E-state index in [2.05, 4.69) is 0 Å². The number of aliphatic hydroxyl groups is 1. The quantitative estimate of drug-likeness (QED) is 0.126. The molecule has 0 bridgehead atoms. The summed E-state index contributed by atoms with van der Waals surface area (Å²) in [4.78, 5) is 0. The van der Waals surface area contributed by atoms with Crippen molar-refractivity contribution >= 4 is 11.6 Å². The standard InChI is InChI=1S/C20H41ClO10/c21-1-3-23-5-7-25-9-11-27-13-15-29-17-19-31-20-18-30-16-14-28-12-10-26-8-6-24-4-2-22/h22H,1-20H2. The lowest BCUT2D eigenvalue weighted by Crippen LogP contribution is -2.15. The molecule has 0 saturated carbocycles. The maximum atomic E-state index is 8.54. The number of alkyl halides is 1. The minimum absolute atomic E-state index is 0.0299. The number of hydrogen-bond acceptors (Lipinski definition) is 10. The molecule has 0 unspecified atom stereocenters. The molecule has 11 heteroatoms. The van der Waals surface area contributed by atoms with Gasteiger partial charge in [0, 0.05) is 5.88 Å². The van der Waals surface area contributed by atoms with Gasteiger partial charge in [0.2, 0.25) is 0 Å². The van der Waals surface area contributed by atoms with Crippen molar-refractivity contribution in [3.63, 3.8) is 0 Å². The fraction of sp³-hybridized carbons (Fsp3) is 1.00. The Balaban J connectivity index is 2.98. The molecule has 31 heavy (non-hydrogen) atoms. The molecule has 0 aromatic heterocycles. The van der Waals surface area contributed by atoms with Crippen molar-refractivity contribution in [3.8, 4) is 0 Å². The van der Waals surface area contributed by atoms with Crippen LogP contribution in [0.3, 0.4) is 0 Å².